The van der Waals surface area contributed by atoms with Gasteiger partial charge in [0.05, 0.1) is 6.61 Å². The number of carbonyl (C=O) groups is 3. The molecule has 0 spiro atoms. The van der Waals surface area contributed by atoms with Crippen molar-refractivity contribution in [3.05, 3.63) is 40.2 Å². The van der Waals surface area contributed by atoms with Gasteiger partial charge in [-0.2, -0.15) is 0 Å². The zero-order valence-electron chi connectivity index (χ0n) is 17.6. The quantitative estimate of drug-likeness (QED) is 0.511. The number of nitrogens with one attached hydrogen (secondary N) is 2. The summed E-state index contributed by atoms with van der Waals surface area (Å²) in [7, 11) is 0. The molecule has 2 N–H and O–H groups in total. The molecule has 1 aromatic carbocycles. The SMILES string of the molecule is CCOC(=O)Nc1ccc2c(COC(=O)C(NC(C)=O)C3CCCC3)cc(=O)oc2c1. The van der Waals surface area contributed by atoms with Gasteiger partial charge in [0.2, 0.25) is 5.91 Å². The highest BCUT2D eigenvalue weighted by molar-refractivity contribution is 5.90. The molecule has 1 saturated carbocycles. The minimum absolute atomic E-state index is 0.0468. The van der Waals surface area contributed by atoms with Gasteiger partial charge < -0.3 is 19.2 Å². The number of hydrogen-bond acceptors (Lipinski definition) is 7. The Morgan fingerprint density at radius 3 is 2.58 bits per heavy atom. The van der Waals surface area contributed by atoms with E-state index in [0.29, 0.717) is 16.6 Å². The minimum Gasteiger partial charge on any atom is -0.459 e. The monoisotopic (exact) mass is 430 g/mol. The molecule has 1 aliphatic carbocycles. The van der Waals surface area contributed by atoms with Crippen molar-refractivity contribution in [2.75, 3.05) is 11.9 Å². The van der Waals surface area contributed by atoms with E-state index in [4.69, 9.17) is 13.9 Å². The fourth-order valence-corrected chi connectivity index (χ4v) is 3.83. The van der Waals surface area contributed by atoms with Crippen molar-refractivity contribution >= 4 is 34.6 Å². The highest BCUT2D eigenvalue weighted by atomic mass is 16.5. The number of esters is 1. The molecule has 166 valence electrons. The van der Waals surface area contributed by atoms with Crippen LogP contribution >= 0.6 is 0 Å². The molecule has 9 nitrogen and oxygen atoms in total. The smallest absolute Gasteiger partial charge is 0.411 e. The number of anilines is 1. The Labute approximate surface area is 179 Å². The number of ether oxygens (including phenoxy) is 2. The topological polar surface area (TPSA) is 124 Å². The van der Waals surface area contributed by atoms with E-state index in [0.717, 1.165) is 25.7 Å². The molecule has 1 atom stereocenters. The predicted molar refractivity (Wildman–Crippen MR) is 112 cm³/mol. The lowest BCUT2D eigenvalue weighted by molar-refractivity contribution is -0.150. The van der Waals surface area contributed by atoms with E-state index in [1.807, 2.05) is 0 Å². The Balaban J connectivity index is 1.77. The summed E-state index contributed by atoms with van der Waals surface area (Å²) < 4.78 is 15.5. The first-order valence-electron chi connectivity index (χ1n) is 10.3. The number of hydrogen-bond donors (Lipinski definition) is 2. The number of carbonyl (C=O) groups excluding carboxylic acids is 3. The van der Waals surface area contributed by atoms with Crippen LogP contribution in [0.25, 0.3) is 11.0 Å². The van der Waals surface area contributed by atoms with Gasteiger partial charge in [0.1, 0.15) is 18.2 Å². The van der Waals surface area contributed by atoms with E-state index in [1.165, 1.54) is 19.1 Å². The summed E-state index contributed by atoms with van der Waals surface area (Å²) in [6.07, 6.45) is 3.12. The maximum absolute atomic E-state index is 12.7. The molecular formula is C22H26N2O7. The second kappa shape index (κ2) is 10.1. The fraction of sp³-hybridized carbons (Fsp3) is 0.455. The molecule has 0 bridgehead atoms. The van der Waals surface area contributed by atoms with Crippen molar-refractivity contribution in [1.29, 1.82) is 0 Å². The van der Waals surface area contributed by atoms with Crippen LogP contribution in [-0.4, -0.2) is 30.6 Å². The molecule has 1 heterocycles. The molecule has 2 amide bonds. The first-order chi connectivity index (χ1) is 14.9. The molecule has 0 aliphatic heterocycles. The van der Waals surface area contributed by atoms with Gasteiger partial charge in [0, 0.05) is 35.7 Å². The second-order valence-corrected chi connectivity index (χ2v) is 7.48. The summed E-state index contributed by atoms with van der Waals surface area (Å²) in [6, 6.07) is 5.34. The molecule has 0 radical (unpaired) electrons. The van der Waals surface area contributed by atoms with Gasteiger partial charge in [-0.1, -0.05) is 12.8 Å². The van der Waals surface area contributed by atoms with Gasteiger partial charge in [-0.15, -0.1) is 0 Å². The van der Waals surface area contributed by atoms with E-state index >= 15 is 0 Å². The average molecular weight is 430 g/mol. The third-order valence-corrected chi connectivity index (χ3v) is 5.21. The number of amides is 2. The molecule has 1 unspecified atom stereocenters. The van der Waals surface area contributed by atoms with Gasteiger partial charge in [0.15, 0.2) is 0 Å². The number of fused-ring (bicyclic) bond motifs is 1. The van der Waals surface area contributed by atoms with Crippen LogP contribution in [0, 0.1) is 5.92 Å². The lowest BCUT2D eigenvalue weighted by Gasteiger charge is -2.22. The molecular weight excluding hydrogens is 404 g/mol. The molecule has 1 fully saturated rings. The maximum Gasteiger partial charge on any atom is 0.411 e. The van der Waals surface area contributed by atoms with E-state index in [1.54, 1.807) is 19.1 Å². The third-order valence-electron chi connectivity index (χ3n) is 5.21. The molecule has 2 aromatic rings. The summed E-state index contributed by atoms with van der Waals surface area (Å²) in [6.45, 7) is 3.14. The lowest BCUT2D eigenvalue weighted by Crippen LogP contribution is -2.45. The van der Waals surface area contributed by atoms with Crippen LogP contribution in [0.4, 0.5) is 10.5 Å². The molecule has 31 heavy (non-hydrogen) atoms. The van der Waals surface area contributed by atoms with Gasteiger partial charge in [-0.25, -0.2) is 14.4 Å². The van der Waals surface area contributed by atoms with E-state index < -0.39 is 23.7 Å². The third kappa shape index (κ3) is 5.84. The van der Waals surface area contributed by atoms with Crippen LogP contribution in [0.1, 0.15) is 45.1 Å². The van der Waals surface area contributed by atoms with Gasteiger partial charge in [0.25, 0.3) is 0 Å². The minimum atomic E-state index is -0.702. The second-order valence-electron chi connectivity index (χ2n) is 7.48. The Hall–Kier alpha value is -3.36. The zero-order chi connectivity index (χ0) is 22.4. The molecule has 9 heteroatoms. The van der Waals surface area contributed by atoms with Crippen LogP contribution < -0.4 is 16.3 Å². The highest BCUT2D eigenvalue weighted by Crippen LogP contribution is 2.29. The Morgan fingerprint density at radius 2 is 1.90 bits per heavy atom. The Morgan fingerprint density at radius 1 is 1.16 bits per heavy atom. The fourth-order valence-electron chi connectivity index (χ4n) is 3.83. The zero-order valence-corrected chi connectivity index (χ0v) is 17.6. The van der Waals surface area contributed by atoms with Crippen LogP contribution in [0.3, 0.4) is 0 Å². The van der Waals surface area contributed by atoms with Crippen molar-refractivity contribution in [3.63, 3.8) is 0 Å². The van der Waals surface area contributed by atoms with Crippen LogP contribution in [0.15, 0.2) is 33.5 Å². The van der Waals surface area contributed by atoms with Crippen LogP contribution in [0.5, 0.6) is 0 Å². The predicted octanol–water partition coefficient (Wildman–Crippen LogP) is 3.10. The first-order valence-corrected chi connectivity index (χ1v) is 10.3. The van der Waals surface area contributed by atoms with Crippen molar-refractivity contribution in [1.82, 2.24) is 5.32 Å². The van der Waals surface area contributed by atoms with E-state index in [9.17, 15) is 19.2 Å². The standard InChI is InChI=1S/C22H26N2O7/c1-3-29-22(28)24-16-8-9-17-15(10-19(26)31-18(17)11-16)12-30-21(27)20(23-13(2)25)14-6-4-5-7-14/h8-11,14,20H,3-7,12H2,1-2H3,(H,23,25)(H,24,28). The molecule has 3 rings (SSSR count). The van der Waals surface area contributed by atoms with Crippen LogP contribution in [0.2, 0.25) is 0 Å². The summed E-state index contributed by atoms with van der Waals surface area (Å²) in [5, 5.41) is 5.80. The lowest BCUT2D eigenvalue weighted by atomic mass is 9.98. The van der Waals surface area contributed by atoms with Crippen molar-refractivity contribution in [2.45, 2.75) is 52.2 Å². The average Bonchev–Trinajstić information content (AvgIpc) is 3.24. The normalized spacial score (nSPS) is 14.8. The van der Waals surface area contributed by atoms with Gasteiger partial charge in [-0.05, 0) is 37.8 Å². The van der Waals surface area contributed by atoms with Crippen molar-refractivity contribution in [3.8, 4) is 0 Å². The van der Waals surface area contributed by atoms with Crippen molar-refractivity contribution in [2.24, 2.45) is 5.92 Å². The van der Waals surface area contributed by atoms with Gasteiger partial charge in [-0.3, -0.25) is 10.1 Å². The summed E-state index contributed by atoms with van der Waals surface area (Å²) in [5.41, 5.74) is 0.494. The summed E-state index contributed by atoms with van der Waals surface area (Å²) in [4.78, 5) is 47.8. The highest BCUT2D eigenvalue weighted by Gasteiger charge is 2.32. The largest absolute Gasteiger partial charge is 0.459 e. The Bertz CT molecular complexity index is 1020. The maximum atomic E-state index is 12.7. The number of rotatable bonds is 7. The van der Waals surface area contributed by atoms with Gasteiger partial charge >= 0.3 is 17.7 Å². The van der Waals surface area contributed by atoms with E-state index in [2.05, 4.69) is 10.6 Å². The molecule has 0 saturated heterocycles. The summed E-state index contributed by atoms with van der Waals surface area (Å²) >= 11 is 0. The Kier molecular flexibility index (Phi) is 7.28. The summed E-state index contributed by atoms with van der Waals surface area (Å²) in [5.74, 6) is -0.768. The van der Waals surface area contributed by atoms with Crippen LogP contribution in [-0.2, 0) is 25.7 Å². The van der Waals surface area contributed by atoms with Crippen molar-refractivity contribution < 1.29 is 28.3 Å². The number of benzene rings is 1. The molecule has 1 aliphatic rings. The molecule has 1 aromatic heterocycles. The van der Waals surface area contributed by atoms with E-state index in [-0.39, 0.29) is 30.6 Å². The first kappa shape index (κ1) is 22.3.